The van der Waals surface area contributed by atoms with E-state index in [9.17, 15) is 14.3 Å². The number of likely N-dealkylation sites (tertiary alicyclic amines) is 2. The van der Waals surface area contributed by atoms with Crippen LogP contribution in [0.2, 0.25) is 0 Å². The van der Waals surface area contributed by atoms with Crippen molar-refractivity contribution in [3.63, 3.8) is 0 Å². The monoisotopic (exact) mass is 494 g/mol. The second-order valence-electron chi connectivity index (χ2n) is 10.8. The standard InChI is InChI=1S/C30H41FN3O2/c1-21-10-9-17-34(21)29-19-26(25-13-8-14-28(31)22(25)2)27(20-33(29)16-6-5-15-32(3)4)30(36)23-11-7-12-24(35)18-23/h7-8,11-14,18-19,21,26-27,29,35H,5-6,9-10,15-17,20H2,1-4H3/t21-,26?,27?,29?/m1/s1. The Bertz CT molecular complexity index is 1040. The highest BCUT2D eigenvalue weighted by Crippen LogP contribution is 2.41. The summed E-state index contributed by atoms with van der Waals surface area (Å²) in [4.78, 5) is 21.1. The Labute approximate surface area is 215 Å². The van der Waals surface area contributed by atoms with Crippen LogP contribution in [0.25, 0.3) is 0 Å². The van der Waals surface area contributed by atoms with Gasteiger partial charge in [0, 0.05) is 36.4 Å². The molecule has 195 valence electrons. The lowest BCUT2D eigenvalue weighted by Crippen LogP contribution is -2.57. The van der Waals surface area contributed by atoms with E-state index >= 15 is 0 Å². The number of Topliss-reactive ketones (excluding diaryl/α,β-unsaturated/α-hetero) is 1. The number of piperidine rings is 1. The zero-order valence-electron chi connectivity index (χ0n) is 22.2. The van der Waals surface area contributed by atoms with Crippen LogP contribution in [0.4, 0.5) is 4.39 Å². The molecule has 4 atom stereocenters. The molecular formula is C30H41FN3O2. The molecule has 2 fully saturated rings. The van der Waals surface area contributed by atoms with Crippen LogP contribution in [0, 0.1) is 25.1 Å². The van der Waals surface area contributed by atoms with Crippen LogP contribution in [-0.4, -0.2) is 78.1 Å². The molecule has 1 N–H and O–H groups in total. The molecule has 0 aromatic heterocycles. The second kappa shape index (κ2) is 11.8. The quantitative estimate of drug-likeness (QED) is 0.389. The average Bonchev–Trinajstić information content (AvgIpc) is 3.28. The minimum absolute atomic E-state index is 0.00187. The number of benzene rings is 2. The fraction of sp³-hybridized carbons (Fsp3) is 0.533. The number of hydrogen-bond acceptors (Lipinski definition) is 5. The lowest BCUT2D eigenvalue weighted by atomic mass is 9.74. The zero-order chi connectivity index (χ0) is 25.8. The maximum Gasteiger partial charge on any atom is 0.167 e. The highest BCUT2D eigenvalue weighted by molar-refractivity contribution is 5.99. The molecular weight excluding hydrogens is 453 g/mol. The van der Waals surface area contributed by atoms with E-state index in [1.165, 1.54) is 18.9 Å². The number of rotatable bonds is 9. The predicted octanol–water partition coefficient (Wildman–Crippen LogP) is 5.09. The minimum atomic E-state index is -0.352. The zero-order valence-corrected chi connectivity index (χ0v) is 22.2. The number of phenolic OH excluding ortho intramolecular Hbond substituents is 1. The van der Waals surface area contributed by atoms with Crippen molar-refractivity contribution in [2.75, 3.05) is 40.3 Å². The van der Waals surface area contributed by atoms with Gasteiger partial charge in [0.25, 0.3) is 0 Å². The topological polar surface area (TPSA) is 47.0 Å². The maximum absolute atomic E-state index is 14.7. The van der Waals surface area contributed by atoms with Gasteiger partial charge in [0.15, 0.2) is 5.78 Å². The van der Waals surface area contributed by atoms with E-state index in [1.807, 2.05) is 13.0 Å². The first-order valence-electron chi connectivity index (χ1n) is 13.3. The van der Waals surface area contributed by atoms with Gasteiger partial charge >= 0.3 is 0 Å². The van der Waals surface area contributed by atoms with Gasteiger partial charge in [0.1, 0.15) is 11.6 Å². The molecule has 0 bridgehead atoms. The third kappa shape index (κ3) is 5.99. The number of ketones is 1. The molecule has 0 spiro atoms. The van der Waals surface area contributed by atoms with E-state index in [4.69, 9.17) is 0 Å². The Morgan fingerprint density at radius 2 is 1.94 bits per heavy atom. The Balaban J connectivity index is 1.69. The van der Waals surface area contributed by atoms with Crippen LogP contribution < -0.4 is 0 Å². The van der Waals surface area contributed by atoms with Gasteiger partial charge in [-0.05, 0) is 103 Å². The van der Waals surface area contributed by atoms with E-state index < -0.39 is 0 Å². The summed E-state index contributed by atoms with van der Waals surface area (Å²) >= 11 is 0. The van der Waals surface area contributed by atoms with Crippen molar-refractivity contribution in [2.45, 2.75) is 57.7 Å². The van der Waals surface area contributed by atoms with Crippen molar-refractivity contribution in [2.24, 2.45) is 5.92 Å². The molecule has 0 saturated carbocycles. The number of halogens is 1. The normalized spacial score (nSPS) is 25.5. The molecule has 2 aromatic rings. The van der Waals surface area contributed by atoms with Gasteiger partial charge in [0.05, 0.1) is 6.17 Å². The second-order valence-corrected chi connectivity index (χ2v) is 10.8. The largest absolute Gasteiger partial charge is 0.508 e. The van der Waals surface area contributed by atoms with Crippen LogP contribution in [-0.2, 0) is 0 Å². The van der Waals surface area contributed by atoms with E-state index in [-0.39, 0.29) is 35.4 Å². The van der Waals surface area contributed by atoms with Crippen molar-refractivity contribution < 1.29 is 14.3 Å². The van der Waals surface area contributed by atoms with Crippen LogP contribution in [0.5, 0.6) is 5.75 Å². The highest BCUT2D eigenvalue weighted by atomic mass is 19.1. The van der Waals surface area contributed by atoms with Gasteiger partial charge in [-0.1, -0.05) is 24.3 Å². The van der Waals surface area contributed by atoms with Gasteiger partial charge in [-0.2, -0.15) is 0 Å². The third-order valence-corrected chi connectivity index (χ3v) is 8.00. The summed E-state index contributed by atoms with van der Waals surface area (Å²) in [5, 5.41) is 10.0. The van der Waals surface area contributed by atoms with Crippen LogP contribution in [0.15, 0.2) is 42.5 Å². The van der Waals surface area contributed by atoms with Gasteiger partial charge in [-0.15, -0.1) is 0 Å². The lowest BCUT2D eigenvalue weighted by Gasteiger charge is -2.48. The number of carbonyl (C=O) groups excluding carboxylic acids is 1. The summed E-state index contributed by atoms with van der Waals surface area (Å²) in [6.07, 6.45) is 6.93. The summed E-state index contributed by atoms with van der Waals surface area (Å²) in [6, 6.07) is 12.3. The molecule has 6 heteroatoms. The van der Waals surface area contributed by atoms with Crippen molar-refractivity contribution >= 4 is 5.78 Å². The molecule has 2 aromatic carbocycles. The lowest BCUT2D eigenvalue weighted by molar-refractivity contribution is 0.0157. The molecule has 0 amide bonds. The number of nitrogens with zero attached hydrogens (tertiary/aromatic N) is 3. The van der Waals surface area contributed by atoms with E-state index in [2.05, 4.69) is 42.1 Å². The van der Waals surface area contributed by atoms with Gasteiger partial charge in [0.2, 0.25) is 0 Å². The molecule has 2 saturated heterocycles. The van der Waals surface area contributed by atoms with Crippen molar-refractivity contribution in [3.8, 4) is 5.75 Å². The van der Waals surface area contributed by atoms with E-state index in [0.29, 0.717) is 23.7 Å². The molecule has 2 heterocycles. The number of unbranched alkanes of at least 4 members (excludes halogenated alkanes) is 1. The fourth-order valence-electron chi connectivity index (χ4n) is 5.98. The Kier molecular flexibility index (Phi) is 8.81. The van der Waals surface area contributed by atoms with Crippen LogP contribution in [0.1, 0.15) is 60.0 Å². The maximum atomic E-state index is 14.7. The number of phenols is 1. The summed E-state index contributed by atoms with van der Waals surface area (Å²) in [5.74, 6) is -0.700. The first-order chi connectivity index (χ1) is 17.3. The Morgan fingerprint density at radius 1 is 1.17 bits per heavy atom. The Hall–Kier alpha value is -2.28. The number of hydrogen-bond donors (Lipinski definition) is 1. The molecule has 2 aliphatic heterocycles. The van der Waals surface area contributed by atoms with Crippen molar-refractivity contribution in [1.29, 1.82) is 0 Å². The highest BCUT2D eigenvalue weighted by Gasteiger charge is 2.44. The first kappa shape index (κ1) is 26.8. The van der Waals surface area contributed by atoms with Crippen LogP contribution >= 0.6 is 0 Å². The van der Waals surface area contributed by atoms with E-state index in [1.54, 1.807) is 30.3 Å². The van der Waals surface area contributed by atoms with Gasteiger partial charge < -0.3 is 10.0 Å². The van der Waals surface area contributed by atoms with Gasteiger partial charge in [-0.25, -0.2) is 4.39 Å². The molecule has 36 heavy (non-hydrogen) atoms. The Morgan fingerprint density at radius 3 is 2.64 bits per heavy atom. The van der Waals surface area contributed by atoms with E-state index in [0.717, 1.165) is 38.0 Å². The summed E-state index contributed by atoms with van der Waals surface area (Å²) in [7, 11) is 4.19. The fourth-order valence-corrected chi connectivity index (χ4v) is 5.98. The molecule has 2 aliphatic rings. The molecule has 0 aliphatic carbocycles. The van der Waals surface area contributed by atoms with Gasteiger partial charge in [-0.3, -0.25) is 14.6 Å². The molecule has 3 unspecified atom stereocenters. The summed E-state index contributed by atoms with van der Waals surface area (Å²) < 4.78 is 14.7. The first-order valence-corrected chi connectivity index (χ1v) is 13.3. The third-order valence-electron chi connectivity index (χ3n) is 8.00. The molecule has 1 radical (unpaired) electrons. The average molecular weight is 495 g/mol. The minimum Gasteiger partial charge on any atom is -0.508 e. The summed E-state index contributed by atoms with van der Waals surface area (Å²) in [6.45, 7) is 7.71. The van der Waals surface area contributed by atoms with Crippen molar-refractivity contribution in [1.82, 2.24) is 14.7 Å². The number of aromatic hydroxyl groups is 1. The predicted molar refractivity (Wildman–Crippen MR) is 143 cm³/mol. The SMILES string of the molecule is Cc1c(F)cccc1C1[CH]C(N2CCC[C@H]2C)N(CCCCN(C)C)CC1C(=O)c1cccc(O)c1. The van der Waals surface area contributed by atoms with Crippen molar-refractivity contribution in [3.05, 3.63) is 71.4 Å². The summed E-state index contributed by atoms with van der Waals surface area (Å²) in [5.41, 5.74) is 2.01. The molecule has 5 nitrogen and oxygen atoms in total. The smallest absolute Gasteiger partial charge is 0.167 e. The number of carbonyl (C=O) groups is 1. The molecule has 4 rings (SSSR count). The van der Waals surface area contributed by atoms with Crippen LogP contribution in [0.3, 0.4) is 0 Å².